The topological polar surface area (TPSA) is 58.9 Å². The van der Waals surface area contributed by atoms with Crippen LogP contribution in [0.4, 0.5) is 0 Å². The fraction of sp³-hybridized carbons (Fsp3) is 1.00. The molecule has 4 heteroatoms. The molecule has 0 aliphatic carbocycles. The maximum absolute atomic E-state index is 9.25. The maximum Gasteiger partial charge on any atom is 0.168 e. The molecule has 1 spiro atoms. The lowest BCUT2D eigenvalue weighted by Gasteiger charge is -2.42. The number of aliphatic hydroxyl groups is 2. The van der Waals surface area contributed by atoms with Crippen LogP contribution in [0.1, 0.15) is 25.7 Å². The molecule has 0 aromatic rings. The zero-order chi connectivity index (χ0) is 9.31. The predicted octanol–water partition coefficient (Wildman–Crippen LogP) is 0.0253. The van der Waals surface area contributed by atoms with Gasteiger partial charge in [0.05, 0.1) is 25.4 Å². The number of ether oxygens (including phenoxy) is 2. The first-order valence-electron chi connectivity index (χ1n) is 4.84. The van der Waals surface area contributed by atoms with E-state index in [0.717, 1.165) is 25.7 Å². The second kappa shape index (κ2) is 3.53. The van der Waals surface area contributed by atoms with Gasteiger partial charge in [-0.1, -0.05) is 0 Å². The van der Waals surface area contributed by atoms with Gasteiger partial charge in [-0.25, -0.2) is 0 Å². The van der Waals surface area contributed by atoms with E-state index in [-0.39, 0.29) is 12.2 Å². The van der Waals surface area contributed by atoms with Gasteiger partial charge in [0.25, 0.3) is 0 Å². The third kappa shape index (κ3) is 2.02. The number of hydrogen-bond acceptors (Lipinski definition) is 4. The van der Waals surface area contributed by atoms with Crippen molar-refractivity contribution in [3.05, 3.63) is 0 Å². The highest BCUT2D eigenvalue weighted by Crippen LogP contribution is 2.34. The Bertz CT molecular complexity index is 143. The van der Waals surface area contributed by atoms with Crippen molar-refractivity contribution in [1.29, 1.82) is 0 Å². The van der Waals surface area contributed by atoms with Gasteiger partial charge >= 0.3 is 0 Å². The van der Waals surface area contributed by atoms with Crippen LogP contribution < -0.4 is 0 Å². The maximum atomic E-state index is 9.25. The standard InChI is InChI=1S/C9H16O4/c10-7-1-3-9(12-5-7)4-2-8(11)6-13-9/h7-8,10-11H,1-6H2/t7-,8-,9?/m0/s1. The molecule has 4 nitrogen and oxygen atoms in total. The van der Waals surface area contributed by atoms with Crippen molar-refractivity contribution >= 4 is 0 Å². The van der Waals surface area contributed by atoms with Gasteiger partial charge in [-0.15, -0.1) is 0 Å². The molecule has 0 aromatic heterocycles. The lowest BCUT2D eigenvalue weighted by Crippen LogP contribution is -2.48. The number of hydrogen-bond donors (Lipinski definition) is 2. The van der Waals surface area contributed by atoms with Crippen molar-refractivity contribution in [3.63, 3.8) is 0 Å². The van der Waals surface area contributed by atoms with E-state index < -0.39 is 5.79 Å². The minimum Gasteiger partial charge on any atom is -0.391 e. The minimum atomic E-state index is -0.502. The van der Waals surface area contributed by atoms with Gasteiger partial charge in [-0.2, -0.15) is 0 Å². The highest BCUT2D eigenvalue weighted by molar-refractivity contribution is 4.82. The van der Waals surface area contributed by atoms with Crippen molar-refractivity contribution in [1.82, 2.24) is 0 Å². The van der Waals surface area contributed by atoms with E-state index in [1.807, 2.05) is 0 Å². The summed E-state index contributed by atoms with van der Waals surface area (Å²) >= 11 is 0. The Morgan fingerprint density at radius 1 is 0.923 bits per heavy atom. The van der Waals surface area contributed by atoms with Gasteiger partial charge < -0.3 is 19.7 Å². The van der Waals surface area contributed by atoms with Gasteiger partial charge in [-0.3, -0.25) is 0 Å². The Labute approximate surface area is 77.5 Å². The molecule has 2 fully saturated rings. The van der Waals surface area contributed by atoms with Gasteiger partial charge in [0.2, 0.25) is 0 Å². The van der Waals surface area contributed by atoms with Crippen LogP contribution >= 0.6 is 0 Å². The molecular weight excluding hydrogens is 172 g/mol. The zero-order valence-corrected chi connectivity index (χ0v) is 7.61. The summed E-state index contributed by atoms with van der Waals surface area (Å²) in [5, 5.41) is 18.5. The average molecular weight is 188 g/mol. The van der Waals surface area contributed by atoms with E-state index in [2.05, 4.69) is 0 Å². The van der Waals surface area contributed by atoms with Crippen LogP contribution in [0.3, 0.4) is 0 Å². The molecule has 2 N–H and O–H groups in total. The summed E-state index contributed by atoms with van der Waals surface area (Å²) in [4.78, 5) is 0. The Hall–Kier alpha value is -0.160. The summed E-state index contributed by atoms with van der Waals surface area (Å²) in [7, 11) is 0. The van der Waals surface area contributed by atoms with E-state index in [1.54, 1.807) is 0 Å². The van der Waals surface area contributed by atoms with E-state index >= 15 is 0 Å². The molecule has 0 radical (unpaired) electrons. The monoisotopic (exact) mass is 188 g/mol. The van der Waals surface area contributed by atoms with Gasteiger partial charge in [0.15, 0.2) is 5.79 Å². The number of rotatable bonds is 0. The molecule has 76 valence electrons. The fourth-order valence-corrected chi connectivity index (χ4v) is 1.89. The van der Waals surface area contributed by atoms with E-state index in [4.69, 9.17) is 9.47 Å². The normalized spacial score (nSPS) is 46.6. The Morgan fingerprint density at radius 2 is 1.38 bits per heavy atom. The summed E-state index contributed by atoms with van der Waals surface area (Å²) in [5.74, 6) is -0.502. The summed E-state index contributed by atoms with van der Waals surface area (Å²) in [5.41, 5.74) is 0. The summed E-state index contributed by atoms with van der Waals surface area (Å²) < 4.78 is 11.0. The van der Waals surface area contributed by atoms with E-state index in [0.29, 0.717) is 13.2 Å². The van der Waals surface area contributed by atoms with Crippen LogP contribution in [-0.2, 0) is 9.47 Å². The predicted molar refractivity (Wildman–Crippen MR) is 45.1 cm³/mol. The summed E-state index contributed by atoms with van der Waals surface area (Å²) in [6.07, 6.45) is 2.25. The van der Waals surface area contributed by atoms with Gasteiger partial charge in [0, 0.05) is 12.8 Å². The van der Waals surface area contributed by atoms with Crippen molar-refractivity contribution in [2.24, 2.45) is 0 Å². The molecule has 0 saturated carbocycles. The summed E-state index contributed by atoms with van der Waals surface area (Å²) in [6, 6.07) is 0. The van der Waals surface area contributed by atoms with Gasteiger partial charge in [-0.05, 0) is 12.8 Å². The van der Waals surface area contributed by atoms with Crippen LogP contribution in [0.2, 0.25) is 0 Å². The molecule has 0 bridgehead atoms. The SMILES string of the molecule is O[C@H]1CCC2(CC[C@H](O)CO2)OC1. The Balaban J connectivity index is 1.90. The smallest absolute Gasteiger partial charge is 0.168 e. The minimum absolute atomic E-state index is 0.346. The van der Waals surface area contributed by atoms with Crippen LogP contribution in [0, 0.1) is 0 Å². The first-order chi connectivity index (χ1) is 6.20. The van der Waals surface area contributed by atoms with Crippen LogP contribution in [-0.4, -0.2) is 41.4 Å². The highest BCUT2D eigenvalue weighted by Gasteiger charge is 2.40. The molecule has 0 amide bonds. The molecule has 2 aliphatic heterocycles. The van der Waals surface area contributed by atoms with E-state index in [1.165, 1.54) is 0 Å². The molecule has 0 aromatic carbocycles. The molecule has 0 unspecified atom stereocenters. The third-order valence-corrected chi connectivity index (χ3v) is 2.79. The van der Waals surface area contributed by atoms with Crippen molar-refractivity contribution < 1.29 is 19.7 Å². The third-order valence-electron chi connectivity index (χ3n) is 2.79. The Kier molecular flexibility index (Phi) is 2.55. The second-order valence-electron chi connectivity index (χ2n) is 3.92. The molecule has 2 aliphatic rings. The molecule has 2 rings (SSSR count). The highest BCUT2D eigenvalue weighted by atomic mass is 16.7. The lowest BCUT2D eigenvalue weighted by atomic mass is 9.95. The van der Waals surface area contributed by atoms with Crippen molar-refractivity contribution in [2.75, 3.05) is 13.2 Å². The quantitative estimate of drug-likeness (QED) is 0.563. The molecule has 2 saturated heterocycles. The van der Waals surface area contributed by atoms with Gasteiger partial charge in [0.1, 0.15) is 0 Å². The first kappa shape index (κ1) is 9.40. The molecule has 2 atom stereocenters. The van der Waals surface area contributed by atoms with E-state index in [9.17, 15) is 10.2 Å². The number of aliphatic hydroxyl groups excluding tert-OH is 2. The zero-order valence-electron chi connectivity index (χ0n) is 7.61. The Morgan fingerprint density at radius 3 is 1.69 bits per heavy atom. The van der Waals surface area contributed by atoms with Crippen LogP contribution in [0.15, 0.2) is 0 Å². The first-order valence-corrected chi connectivity index (χ1v) is 4.84. The molecular formula is C9H16O4. The van der Waals surface area contributed by atoms with Crippen LogP contribution in [0.25, 0.3) is 0 Å². The van der Waals surface area contributed by atoms with Crippen LogP contribution in [0.5, 0.6) is 0 Å². The average Bonchev–Trinajstić information content (AvgIpc) is 2.16. The molecule has 2 heterocycles. The van der Waals surface area contributed by atoms with Crippen molar-refractivity contribution in [2.45, 2.75) is 43.7 Å². The second-order valence-corrected chi connectivity index (χ2v) is 3.92. The fourth-order valence-electron chi connectivity index (χ4n) is 1.89. The lowest BCUT2D eigenvalue weighted by molar-refractivity contribution is -0.298. The largest absolute Gasteiger partial charge is 0.391 e. The molecule has 13 heavy (non-hydrogen) atoms. The summed E-state index contributed by atoms with van der Waals surface area (Å²) in [6.45, 7) is 0.714. The van der Waals surface area contributed by atoms with Crippen molar-refractivity contribution in [3.8, 4) is 0 Å².